The standard InChI is InChI=1S/C21H20N4O2/c26-19(13-15-7-3-1-4-8-15)22-20-17-14-25(12-11-18(17)23-24-20)21(27)16-9-5-2-6-10-16/h1-10H,11-14H2,(H2,22,23,24,26). The smallest absolute Gasteiger partial charge is 0.254 e. The number of carbonyl (C=O) groups is 2. The summed E-state index contributed by atoms with van der Waals surface area (Å²) < 4.78 is 0. The van der Waals surface area contributed by atoms with Gasteiger partial charge in [0.2, 0.25) is 5.91 Å². The van der Waals surface area contributed by atoms with Crippen molar-refractivity contribution in [2.45, 2.75) is 19.4 Å². The summed E-state index contributed by atoms with van der Waals surface area (Å²) in [7, 11) is 0. The van der Waals surface area contributed by atoms with Crippen molar-refractivity contribution in [1.29, 1.82) is 0 Å². The lowest BCUT2D eigenvalue weighted by Crippen LogP contribution is -2.36. The molecule has 2 N–H and O–H groups in total. The average molecular weight is 360 g/mol. The molecule has 0 aliphatic carbocycles. The van der Waals surface area contributed by atoms with Crippen LogP contribution in [0.15, 0.2) is 60.7 Å². The van der Waals surface area contributed by atoms with Gasteiger partial charge in [0.05, 0.1) is 13.0 Å². The first-order valence-electron chi connectivity index (χ1n) is 8.95. The Bertz CT molecular complexity index is 951. The van der Waals surface area contributed by atoms with Crippen LogP contribution in [0.25, 0.3) is 0 Å². The second kappa shape index (κ2) is 7.45. The van der Waals surface area contributed by atoms with Gasteiger partial charge in [-0.05, 0) is 17.7 Å². The summed E-state index contributed by atoms with van der Waals surface area (Å²) in [5.74, 6) is 0.377. The van der Waals surface area contributed by atoms with Gasteiger partial charge in [-0.15, -0.1) is 0 Å². The number of benzene rings is 2. The molecule has 6 heteroatoms. The Morgan fingerprint density at radius 1 is 1.04 bits per heavy atom. The van der Waals surface area contributed by atoms with Crippen molar-refractivity contribution >= 4 is 17.6 Å². The van der Waals surface area contributed by atoms with Crippen LogP contribution >= 0.6 is 0 Å². The molecule has 3 aromatic rings. The van der Waals surface area contributed by atoms with Gasteiger partial charge in [0, 0.05) is 29.8 Å². The molecule has 6 nitrogen and oxygen atoms in total. The first-order valence-corrected chi connectivity index (χ1v) is 8.95. The number of fused-ring (bicyclic) bond motifs is 1. The highest BCUT2D eigenvalue weighted by atomic mass is 16.2. The summed E-state index contributed by atoms with van der Waals surface area (Å²) >= 11 is 0. The maximum atomic E-state index is 12.7. The van der Waals surface area contributed by atoms with Gasteiger partial charge in [0.1, 0.15) is 0 Å². The number of aromatic nitrogens is 2. The van der Waals surface area contributed by atoms with E-state index in [0.717, 1.165) is 16.8 Å². The van der Waals surface area contributed by atoms with E-state index in [0.29, 0.717) is 30.9 Å². The minimum absolute atomic E-state index is 0.0102. The molecule has 2 heterocycles. The lowest BCUT2D eigenvalue weighted by atomic mass is 10.1. The van der Waals surface area contributed by atoms with Crippen LogP contribution < -0.4 is 5.32 Å². The number of nitrogens with zero attached hydrogens (tertiary/aromatic N) is 2. The normalized spacial score (nSPS) is 13.1. The van der Waals surface area contributed by atoms with Gasteiger partial charge in [0.15, 0.2) is 5.82 Å². The molecule has 27 heavy (non-hydrogen) atoms. The lowest BCUT2D eigenvalue weighted by molar-refractivity contribution is -0.115. The third-order valence-electron chi connectivity index (χ3n) is 4.71. The summed E-state index contributed by atoms with van der Waals surface area (Å²) in [6.07, 6.45) is 0.977. The van der Waals surface area contributed by atoms with Crippen molar-refractivity contribution in [3.8, 4) is 0 Å². The van der Waals surface area contributed by atoms with E-state index in [4.69, 9.17) is 0 Å². The molecule has 0 saturated carbocycles. The van der Waals surface area contributed by atoms with Gasteiger partial charge in [-0.1, -0.05) is 48.5 Å². The van der Waals surface area contributed by atoms with Gasteiger partial charge in [-0.2, -0.15) is 5.10 Å². The molecule has 136 valence electrons. The molecule has 2 aromatic carbocycles. The van der Waals surface area contributed by atoms with Crippen molar-refractivity contribution in [2.75, 3.05) is 11.9 Å². The van der Waals surface area contributed by atoms with E-state index in [1.165, 1.54) is 0 Å². The third kappa shape index (κ3) is 3.74. The van der Waals surface area contributed by atoms with Crippen LogP contribution in [-0.2, 0) is 24.2 Å². The number of aromatic amines is 1. The number of carbonyl (C=O) groups excluding carboxylic acids is 2. The molecule has 4 rings (SSSR count). The summed E-state index contributed by atoms with van der Waals surface area (Å²) in [5.41, 5.74) is 3.47. The molecule has 1 aliphatic heterocycles. The van der Waals surface area contributed by atoms with E-state index in [1.54, 1.807) is 4.90 Å². The van der Waals surface area contributed by atoms with E-state index < -0.39 is 0 Å². The van der Waals surface area contributed by atoms with Crippen LogP contribution in [0.5, 0.6) is 0 Å². The van der Waals surface area contributed by atoms with Crippen molar-refractivity contribution < 1.29 is 9.59 Å². The molecule has 1 aliphatic rings. The zero-order chi connectivity index (χ0) is 18.6. The summed E-state index contributed by atoms with van der Waals surface area (Å²) in [6, 6.07) is 18.8. The number of rotatable bonds is 4. The fourth-order valence-corrected chi connectivity index (χ4v) is 3.29. The Morgan fingerprint density at radius 3 is 2.48 bits per heavy atom. The molecule has 0 radical (unpaired) electrons. The molecular formula is C21H20N4O2. The summed E-state index contributed by atoms with van der Waals surface area (Å²) in [6.45, 7) is 1.06. The van der Waals surface area contributed by atoms with Crippen LogP contribution in [0, 0.1) is 0 Å². The van der Waals surface area contributed by atoms with E-state index in [1.807, 2.05) is 60.7 Å². The van der Waals surface area contributed by atoms with Gasteiger partial charge in [-0.3, -0.25) is 14.7 Å². The van der Waals surface area contributed by atoms with Crippen molar-refractivity contribution in [3.63, 3.8) is 0 Å². The van der Waals surface area contributed by atoms with E-state index in [9.17, 15) is 9.59 Å². The molecular weight excluding hydrogens is 340 g/mol. The second-order valence-electron chi connectivity index (χ2n) is 6.58. The van der Waals surface area contributed by atoms with Crippen molar-refractivity contribution in [2.24, 2.45) is 0 Å². The van der Waals surface area contributed by atoms with Crippen LogP contribution in [0.3, 0.4) is 0 Å². The minimum Gasteiger partial charge on any atom is -0.334 e. The zero-order valence-electron chi connectivity index (χ0n) is 14.8. The number of hydrogen-bond acceptors (Lipinski definition) is 3. The summed E-state index contributed by atoms with van der Waals surface area (Å²) in [4.78, 5) is 26.9. The summed E-state index contributed by atoms with van der Waals surface area (Å²) in [5, 5.41) is 10.1. The molecule has 0 bridgehead atoms. The molecule has 0 saturated heterocycles. The first-order chi connectivity index (χ1) is 13.2. The molecule has 0 spiro atoms. The molecule has 0 atom stereocenters. The Labute approximate surface area is 157 Å². The zero-order valence-corrected chi connectivity index (χ0v) is 14.8. The highest BCUT2D eigenvalue weighted by Crippen LogP contribution is 2.25. The van der Waals surface area contributed by atoms with Gasteiger partial charge >= 0.3 is 0 Å². The van der Waals surface area contributed by atoms with Crippen LogP contribution in [-0.4, -0.2) is 33.5 Å². The fourth-order valence-electron chi connectivity index (χ4n) is 3.29. The van der Waals surface area contributed by atoms with Gasteiger partial charge in [-0.25, -0.2) is 0 Å². The maximum absolute atomic E-state index is 12.7. The van der Waals surface area contributed by atoms with E-state index >= 15 is 0 Å². The number of amides is 2. The molecule has 0 fully saturated rings. The van der Waals surface area contributed by atoms with E-state index in [-0.39, 0.29) is 18.2 Å². The molecule has 0 unspecified atom stereocenters. The maximum Gasteiger partial charge on any atom is 0.254 e. The largest absolute Gasteiger partial charge is 0.334 e. The van der Waals surface area contributed by atoms with Gasteiger partial charge < -0.3 is 10.2 Å². The van der Waals surface area contributed by atoms with Crippen LogP contribution in [0.1, 0.15) is 27.2 Å². The lowest BCUT2D eigenvalue weighted by Gasteiger charge is -2.27. The predicted molar refractivity (Wildman–Crippen MR) is 102 cm³/mol. The minimum atomic E-state index is -0.123. The number of H-pyrrole nitrogens is 1. The Morgan fingerprint density at radius 2 is 1.74 bits per heavy atom. The molecule has 1 aromatic heterocycles. The van der Waals surface area contributed by atoms with Crippen LogP contribution in [0.2, 0.25) is 0 Å². The van der Waals surface area contributed by atoms with Gasteiger partial charge in [0.25, 0.3) is 5.91 Å². The Hall–Kier alpha value is -3.41. The molecule has 2 amide bonds. The fraction of sp³-hybridized carbons (Fsp3) is 0.190. The SMILES string of the molecule is O=C(Cc1ccccc1)Nc1n[nH]c2c1CN(C(=O)c1ccccc1)CC2. The van der Waals surface area contributed by atoms with Crippen LogP contribution in [0.4, 0.5) is 5.82 Å². The van der Waals surface area contributed by atoms with E-state index in [2.05, 4.69) is 15.5 Å². The quantitative estimate of drug-likeness (QED) is 0.751. The van der Waals surface area contributed by atoms with Crippen molar-refractivity contribution in [3.05, 3.63) is 83.0 Å². The monoisotopic (exact) mass is 360 g/mol. The Balaban J connectivity index is 1.47. The highest BCUT2D eigenvalue weighted by Gasteiger charge is 2.26. The predicted octanol–water partition coefficient (Wildman–Crippen LogP) is 2.79. The average Bonchev–Trinajstić information content (AvgIpc) is 3.10. The Kier molecular flexibility index (Phi) is 4.70. The topological polar surface area (TPSA) is 78.1 Å². The first kappa shape index (κ1) is 17.0. The second-order valence-corrected chi connectivity index (χ2v) is 6.58. The number of nitrogens with one attached hydrogen (secondary N) is 2. The number of anilines is 1. The van der Waals surface area contributed by atoms with Crippen molar-refractivity contribution in [1.82, 2.24) is 15.1 Å². The highest BCUT2D eigenvalue weighted by molar-refractivity contribution is 5.95. The third-order valence-corrected chi connectivity index (χ3v) is 4.71. The number of hydrogen-bond donors (Lipinski definition) is 2.